The van der Waals surface area contributed by atoms with E-state index in [9.17, 15) is 0 Å². The van der Waals surface area contributed by atoms with Crippen molar-refractivity contribution in [2.75, 3.05) is 0 Å². The highest BCUT2D eigenvalue weighted by molar-refractivity contribution is 6.23. The highest BCUT2D eigenvalue weighted by Crippen LogP contribution is 2.46. The first-order chi connectivity index (χ1) is 26.3. The van der Waals surface area contributed by atoms with Crippen molar-refractivity contribution in [3.05, 3.63) is 194 Å². The van der Waals surface area contributed by atoms with Crippen LogP contribution in [0.15, 0.2) is 199 Å². The van der Waals surface area contributed by atoms with Crippen LogP contribution < -0.4 is 0 Å². The molecule has 1 heterocycles. The van der Waals surface area contributed by atoms with Crippen molar-refractivity contribution >= 4 is 65.0 Å². The Morgan fingerprint density at radius 2 is 0.792 bits per heavy atom. The molecular weight excluding hydrogens is 641 g/mol. The number of hydrogen-bond acceptors (Lipinski definition) is 1. The molecule has 0 spiro atoms. The maximum Gasteiger partial charge on any atom is 0.143 e. The highest BCUT2D eigenvalue weighted by atomic mass is 16.3. The van der Waals surface area contributed by atoms with E-state index in [-0.39, 0.29) is 0 Å². The molecule has 11 aromatic rings. The molecule has 0 amide bonds. The number of fused-ring (bicyclic) bond motifs is 8. The Bertz CT molecular complexity index is 3160. The second-order valence-corrected chi connectivity index (χ2v) is 14.0. The summed E-state index contributed by atoms with van der Waals surface area (Å²) in [5, 5.41) is 12.3. The quantitative estimate of drug-likeness (QED) is 0.170. The normalized spacial score (nSPS) is 11.8. The van der Waals surface area contributed by atoms with Gasteiger partial charge >= 0.3 is 0 Å². The Morgan fingerprint density at radius 1 is 0.283 bits per heavy atom. The molecule has 0 N–H and O–H groups in total. The van der Waals surface area contributed by atoms with Crippen molar-refractivity contribution in [2.24, 2.45) is 0 Å². The Labute approximate surface area is 307 Å². The van der Waals surface area contributed by atoms with Crippen LogP contribution in [-0.2, 0) is 0 Å². The van der Waals surface area contributed by atoms with E-state index in [0.717, 1.165) is 27.7 Å². The zero-order chi connectivity index (χ0) is 34.9. The number of rotatable bonds is 4. The lowest BCUT2D eigenvalue weighted by Crippen LogP contribution is -1.91. The van der Waals surface area contributed by atoms with Crippen molar-refractivity contribution in [1.29, 1.82) is 0 Å². The zero-order valence-electron chi connectivity index (χ0n) is 28.9. The van der Waals surface area contributed by atoms with Crippen LogP contribution in [0.5, 0.6) is 0 Å². The van der Waals surface area contributed by atoms with Gasteiger partial charge in [0.05, 0.1) is 0 Å². The molecule has 0 saturated carbocycles. The average molecular weight is 673 g/mol. The molecular formula is C52H32O. The van der Waals surface area contributed by atoms with E-state index in [1.165, 1.54) is 81.9 Å². The first kappa shape index (κ1) is 29.7. The van der Waals surface area contributed by atoms with Crippen LogP contribution in [0.3, 0.4) is 0 Å². The fourth-order valence-electron chi connectivity index (χ4n) is 8.58. The summed E-state index contributed by atoms with van der Waals surface area (Å²) in [6, 6.07) is 70.5. The van der Waals surface area contributed by atoms with Crippen LogP contribution in [-0.4, -0.2) is 0 Å². The molecule has 0 aliphatic rings. The number of para-hydroxylation sites is 1. The molecule has 53 heavy (non-hydrogen) atoms. The summed E-state index contributed by atoms with van der Waals surface area (Å²) in [4.78, 5) is 0. The second kappa shape index (κ2) is 11.8. The topological polar surface area (TPSA) is 13.1 Å². The minimum atomic E-state index is 0.914. The summed E-state index contributed by atoms with van der Waals surface area (Å²) in [6.07, 6.45) is 0. The second-order valence-electron chi connectivity index (χ2n) is 14.0. The van der Waals surface area contributed by atoms with Gasteiger partial charge in [-0.3, -0.25) is 0 Å². The molecule has 0 aliphatic carbocycles. The van der Waals surface area contributed by atoms with Crippen molar-refractivity contribution in [2.45, 2.75) is 0 Å². The van der Waals surface area contributed by atoms with Crippen molar-refractivity contribution in [1.82, 2.24) is 0 Å². The number of benzene rings is 10. The number of furan rings is 1. The minimum Gasteiger partial charge on any atom is -0.455 e. The van der Waals surface area contributed by atoms with Gasteiger partial charge in [-0.05, 0) is 106 Å². The third-order valence-corrected chi connectivity index (χ3v) is 11.0. The summed E-state index contributed by atoms with van der Waals surface area (Å²) in [6.45, 7) is 0. The molecule has 0 unspecified atom stereocenters. The molecule has 0 atom stereocenters. The van der Waals surface area contributed by atoms with Crippen molar-refractivity contribution in [3.63, 3.8) is 0 Å². The van der Waals surface area contributed by atoms with Gasteiger partial charge in [0.15, 0.2) is 0 Å². The summed E-state index contributed by atoms with van der Waals surface area (Å²) in [5.41, 5.74) is 11.5. The van der Waals surface area contributed by atoms with Crippen LogP contribution in [0.25, 0.3) is 110 Å². The third-order valence-electron chi connectivity index (χ3n) is 11.0. The lowest BCUT2D eigenvalue weighted by Gasteiger charge is -2.18. The lowest BCUT2D eigenvalue weighted by atomic mass is 9.85. The molecule has 10 aromatic carbocycles. The molecule has 0 bridgehead atoms. The van der Waals surface area contributed by atoms with Crippen molar-refractivity contribution in [3.8, 4) is 44.5 Å². The first-order valence-corrected chi connectivity index (χ1v) is 18.3. The van der Waals surface area contributed by atoms with Crippen LogP contribution >= 0.6 is 0 Å². The molecule has 1 nitrogen and oxygen atoms in total. The summed E-state index contributed by atoms with van der Waals surface area (Å²) >= 11 is 0. The van der Waals surface area contributed by atoms with E-state index in [0.29, 0.717) is 0 Å². The zero-order valence-corrected chi connectivity index (χ0v) is 28.9. The Kier molecular flexibility index (Phi) is 6.62. The summed E-state index contributed by atoms with van der Waals surface area (Å²) in [7, 11) is 0. The van der Waals surface area contributed by atoms with E-state index < -0.39 is 0 Å². The van der Waals surface area contributed by atoms with Crippen LogP contribution in [0.1, 0.15) is 0 Å². The maximum absolute atomic E-state index is 6.59. The van der Waals surface area contributed by atoms with Crippen LogP contribution in [0.4, 0.5) is 0 Å². The SMILES string of the molecule is c1cc(-c2ccc3ccccc3c2)cc(-c2c3ccccc3c(-c3ccc(-c4cc5ccccc5c5c4oc4ccccc45)cc3)c3ccccc23)c1. The molecule has 0 fully saturated rings. The molecule has 1 heteroatoms. The average Bonchev–Trinajstić information content (AvgIpc) is 3.63. The largest absolute Gasteiger partial charge is 0.455 e. The van der Waals surface area contributed by atoms with E-state index in [2.05, 4.69) is 188 Å². The Hall–Kier alpha value is -6.96. The summed E-state index contributed by atoms with van der Waals surface area (Å²) < 4.78 is 6.59. The third kappa shape index (κ3) is 4.71. The van der Waals surface area contributed by atoms with Gasteiger partial charge in [0.1, 0.15) is 11.2 Å². The Balaban J connectivity index is 1.08. The fourth-order valence-corrected chi connectivity index (χ4v) is 8.58. The van der Waals surface area contributed by atoms with Gasteiger partial charge in [-0.2, -0.15) is 0 Å². The van der Waals surface area contributed by atoms with E-state index in [1.807, 2.05) is 6.07 Å². The van der Waals surface area contributed by atoms with E-state index in [4.69, 9.17) is 4.42 Å². The number of hydrogen-bond donors (Lipinski definition) is 0. The van der Waals surface area contributed by atoms with Crippen LogP contribution in [0.2, 0.25) is 0 Å². The van der Waals surface area contributed by atoms with Crippen LogP contribution in [0, 0.1) is 0 Å². The molecule has 0 aliphatic heterocycles. The van der Waals surface area contributed by atoms with Gasteiger partial charge in [0, 0.05) is 16.3 Å². The standard InChI is InChI=1S/C52H32O/c1-2-13-36-30-38(29-24-33(36)12-1)37-15-11-16-40(31-37)50-44-20-7-5-18-42(44)49(43-19-6-8-21-45(43)50)35-27-25-34(26-28-35)47-32-39-14-3-4-17-41(39)51-46-22-9-10-23-48(46)53-52(47)51/h1-32H. The maximum atomic E-state index is 6.59. The highest BCUT2D eigenvalue weighted by Gasteiger charge is 2.19. The first-order valence-electron chi connectivity index (χ1n) is 18.3. The molecule has 1 aromatic heterocycles. The monoisotopic (exact) mass is 672 g/mol. The molecule has 0 saturated heterocycles. The Morgan fingerprint density at radius 3 is 1.51 bits per heavy atom. The predicted molar refractivity (Wildman–Crippen MR) is 225 cm³/mol. The molecule has 246 valence electrons. The molecule has 11 rings (SSSR count). The van der Waals surface area contributed by atoms with E-state index >= 15 is 0 Å². The predicted octanol–water partition coefficient (Wildman–Crippen LogP) is 14.9. The fraction of sp³-hybridized carbons (Fsp3) is 0. The van der Waals surface area contributed by atoms with Crippen molar-refractivity contribution < 1.29 is 4.42 Å². The van der Waals surface area contributed by atoms with E-state index in [1.54, 1.807) is 0 Å². The van der Waals surface area contributed by atoms with Gasteiger partial charge in [0.2, 0.25) is 0 Å². The lowest BCUT2D eigenvalue weighted by molar-refractivity contribution is 0.670. The van der Waals surface area contributed by atoms with Gasteiger partial charge in [-0.25, -0.2) is 0 Å². The van der Waals surface area contributed by atoms with Gasteiger partial charge in [-0.15, -0.1) is 0 Å². The van der Waals surface area contributed by atoms with Gasteiger partial charge in [-0.1, -0.05) is 170 Å². The minimum absolute atomic E-state index is 0.914. The smallest absolute Gasteiger partial charge is 0.143 e. The van der Waals surface area contributed by atoms with Gasteiger partial charge < -0.3 is 4.42 Å². The summed E-state index contributed by atoms with van der Waals surface area (Å²) in [5.74, 6) is 0. The molecule has 0 radical (unpaired) electrons. The van der Waals surface area contributed by atoms with Gasteiger partial charge in [0.25, 0.3) is 0 Å².